The van der Waals surface area contributed by atoms with Crippen molar-refractivity contribution < 1.29 is 32.9 Å². The van der Waals surface area contributed by atoms with E-state index in [1.165, 1.54) is 18.2 Å². The zero-order valence-corrected chi connectivity index (χ0v) is 19.9. The largest absolute Gasteiger partial charge is 0.481 e. The van der Waals surface area contributed by atoms with Crippen molar-refractivity contribution in [2.45, 2.75) is 27.2 Å². The number of hydrogen-bond acceptors (Lipinski definition) is 8. The molecular formula is C24H21ClFN3O6. The normalized spacial score (nSPS) is 11.0. The summed E-state index contributed by atoms with van der Waals surface area (Å²) in [7, 11) is 0. The van der Waals surface area contributed by atoms with Gasteiger partial charge in [-0.15, -0.1) is 0 Å². The first kappa shape index (κ1) is 24.2. The standard InChI is InChI=1S/C24H21ClFN3O6/c1-4-7-32-22-19-23(29-24(28-22)34-17-10-15(25)5-6-16(17)26)35-21(27-19)14-8-12(2)20(13(3)9-14)33-11-18(30)31/h5-6,8-10H,4,7,11H2,1-3H3,(H,30,31). The average Bonchev–Trinajstić information content (AvgIpc) is 3.23. The van der Waals surface area contributed by atoms with E-state index >= 15 is 0 Å². The molecule has 0 unspecified atom stereocenters. The van der Waals surface area contributed by atoms with E-state index in [-0.39, 0.29) is 39.8 Å². The number of hydrogen-bond donors (Lipinski definition) is 1. The fourth-order valence-corrected chi connectivity index (χ4v) is 3.50. The van der Waals surface area contributed by atoms with E-state index in [0.717, 1.165) is 0 Å². The first-order valence-electron chi connectivity index (χ1n) is 10.7. The van der Waals surface area contributed by atoms with Crippen molar-refractivity contribution in [2.75, 3.05) is 13.2 Å². The summed E-state index contributed by atoms with van der Waals surface area (Å²) < 4.78 is 36.7. The highest BCUT2D eigenvalue weighted by atomic mass is 35.5. The molecule has 0 aliphatic heterocycles. The van der Waals surface area contributed by atoms with E-state index in [1.807, 2.05) is 6.92 Å². The van der Waals surface area contributed by atoms with Gasteiger partial charge in [-0.2, -0.15) is 9.97 Å². The molecule has 0 spiro atoms. The molecule has 182 valence electrons. The lowest BCUT2D eigenvalue weighted by Crippen LogP contribution is -2.10. The van der Waals surface area contributed by atoms with Crippen LogP contribution in [0.5, 0.6) is 23.4 Å². The topological polar surface area (TPSA) is 117 Å². The van der Waals surface area contributed by atoms with E-state index in [0.29, 0.717) is 35.5 Å². The molecule has 0 amide bonds. The predicted molar refractivity (Wildman–Crippen MR) is 125 cm³/mol. The molecule has 0 bridgehead atoms. The Morgan fingerprint density at radius 1 is 1.11 bits per heavy atom. The van der Waals surface area contributed by atoms with E-state index in [1.54, 1.807) is 26.0 Å². The molecule has 0 saturated heterocycles. The second-order valence-electron chi connectivity index (χ2n) is 7.63. The number of carboxylic acid groups (broad SMARTS) is 1. The van der Waals surface area contributed by atoms with Crippen molar-refractivity contribution >= 4 is 28.8 Å². The Morgan fingerprint density at radius 3 is 2.54 bits per heavy atom. The number of aryl methyl sites for hydroxylation is 2. The van der Waals surface area contributed by atoms with Crippen LogP contribution in [0.15, 0.2) is 34.7 Å². The Bertz CT molecular complexity index is 1380. The van der Waals surface area contributed by atoms with Crippen LogP contribution in [0.3, 0.4) is 0 Å². The molecule has 0 radical (unpaired) electrons. The van der Waals surface area contributed by atoms with E-state index in [9.17, 15) is 9.18 Å². The van der Waals surface area contributed by atoms with Crippen LogP contribution in [0.1, 0.15) is 24.5 Å². The molecule has 2 aromatic carbocycles. The lowest BCUT2D eigenvalue weighted by atomic mass is 10.1. The van der Waals surface area contributed by atoms with Gasteiger partial charge in [-0.1, -0.05) is 18.5 Å². The van der Waals surface area contributed by atoms with Gasteiger partial charge in [-0.05, 0) is 55.7 Å². The molecule has 9 nitrogen and oxygen atoms in total. The SMILES string of the molecule is CCCOc1nc(Oc2cc(Cl)ccc2F)nc2oc(-c3cc(C)c(OCC(=O)O)c(C)c3)nc12. The number of fused-ring (bicyclic) bond motifs is 1. The molecule has 4 aromatic rings. The maximum Gasteiger partial charge on any atom is 0.341 e. The van der Waals surface area contributed by atoms with Crippen molar-refractivity contribution in [2.24, 2.45) is 0 Å². The first-order valence-corrected chi connectivity index (χ1v) is 11.0. The number of halogens is 2. The van der Waals surface area contributed by atoms with Crippen LogP contribution in [-0.2, 0) is 4.79 Å². The second-order valence-corrected chi connectivity index (χ2v) is 8.07. The lowest BCUT2D eigenvalue weighted by Gasteiger charge is -2.11. The highest BCUT2D eigenvalue weighted by Crippen LogP contribution is 2.35. The zero-order chi connectivity index (χ0) is 25.1. The quantitative estimate of drug-likeness (QED) is 0.306. The van der Waals surface area contributed by atoms with Crippen LogP contribution < -0.4 is 14.2 Å². The second kappa shape index (κ2) is 10.1. The van der Waals surface area contributed by atoms with Gasteiger partial charge in [0.15, 0.2) is 23.7 Å². The summed E-state index contributed by atoms with van der Waals surface area (Å²) in [5, 5.41) is 9.17. The maximum atomic E-state index is 14.2. The van der Waals surface area contributed by atoms with Crippen LogP contribution >= 0.6 is 11.6 Å². The van der Waals surface area contributed by atoms with Gasteiger partial charge >= 0.3 is 12.0 Å². The number of nitrogens with zero attached hydrogens (tertiary/aromatic N) is 3. The Balaban J connectivity index is 1.74. The average molecular weight is 502 g/mol. The molecule has 0 atom stereocenters. The predicted octanol–water partition coefficient (Wildman–Crippen LogP) is 5.74. The summed E-state index contributed by atoms with van der Waals surface area (Å²) in [4.78, 5) is 23.8. The summed E-state index contributed by atoms with van der Waals surface area (Å²) in [5.41, 5.74) is 2.38. The minimum atomic E-state index is -1.07. The van der Waals surface area contributed by atoms with Gasteiger partial charge in [0.25, 0.3) is 11.6 Å². The van der Waals surface area contributed by atoms with Crippen molar-refractivity contribution in [3.8, 4) is 34.8 Å². The number of rotatable bonds is 9. The van der Waals surface area contributed by atoms with Gasteiger partial charge in [-0.3, -0.25) is 0 Å². The fraction of sp³-hybridized carbons (Fsp3) is 0.250. The highest BCUT2D eigenvalue weighted by Gasteiger charge is 2.20. The molecule has 0 saturated carbocycles. The lowest BCUT2D eigenvalue weighted by molar-refractivity contribution is -0.139. The number of aliphatic carboxylic acids is 1. The van der Waals surface area contributed by atoms with Crippen LogP contribution in [0.2, 0.25) is 5.02 Å². The van der Waals surface area contributed by atoms with Crippen LogP contribution in [0.4, 0.5) is 4.39 Å². The van der Waals surface area contributed by atoms with Crippen LogP contribution in [-0.4, -0.2) is 39.2 Å². The molecule has 11 heteroatoms. The third-order valence-corrected chi connectivity index (χ3v) is 5.03. The van der Waals surface area contributed by atoms with Crippen molar-refractivity contribution in [1.29, 1.82) is 0 Å². The monoisotopic (exact) mass is 501 g/mol. The third kappa shape index (κ3) is 5.43. The fourth-order valence-electron chi connectivity index (χ4n) is 3.34. The molecule has 0 aliphatic rings. The van der Waals surface area contributed by atoms with E-state index in [4.69, 9.17) is 35.3 Å². The molecule has 0 aliphatic carbocycles. The van der Waals surface area contributed by atoms with Gasteiger partial charge in [0.05, 0.1) is 6.61 Å². The number of aromatic nitrogens is 3. The summed E-state index contributed by atoms with van der Waals surface area (Å²) in [6, 6.07) is 7.20. The molecule has 0 fully saturated rings. The van der Waals surface area contributed by atoms with Gasteiger partial charge < -0.3 is 23.7 Å². The van der Waals surface area contributed by atoms with Crippen molar-refractivity contribution in [3.63, 3.8) is 0 Å². The maximum absolute atomic E-state index is 14.2. The summed E-state index contributed by atoms with van der Waals surface area (Å²) >= 11 is 5.94. The van der Waals surface area contributed by atoms with Crippen LogP contribution in [0.25, 0.3) is 22.7 Å². The van der Waals surface area contributed by atoms with Gasteiger partial charge in [-0.25, -0.2) is 14.2 Å². The van der Waals surface area contributed by atoms with Gasteiger partial charge in [0.1, 0.15) is 5.75 Å². The van der Waals surface area contributed by atoms with Gasteiger partial charge in [0.2, 0.25) is 5.89 Å². The number of carbonyl (C=O) groups is 1. The number of oxazole rings is 1. The summed E-state index contributed by atoms with van der Waals surface area (Å²) in [5.74, 6) is -1.03. The number of ether oxygens (including phenoxy) is 3. The molecule has 1 N–H and O–H groups in total. The minimum Gasteiger partial charge on any atom is -0.481 e. The van der Waals surface area contributed by atoms with Gasteiger partial charge in [0, 0.05) is 16.7 Å². The minimum absolute atomic E-state index is 0.0834. The number of carboxylic acids is 1. The highest BCUT2D eigenvalue weighted by molar-refractivity contribution is 6.30. The van der Waals surface area contributed by atoms with Crippen molar-refractivity contribution in [3.05, 3.63) is 52.3 Å². The molecular weight excluding hydrogens is 481 g/mol. The molecule has 35 heavy (non-hydrogen) atoms. The van der Waals surface area contributed by atoms with E-state index < -0.39 is 18.4 Å². The summed E-state index contributed by atoms with van der Waals surface area (Å²) in [6.45, 7) is 5.42. The Labute approximate surface area is 204 Å². The molecule has 2 heterocycles. The smallest absolute Gasteiger partial charge is 0.341 e. The summed E-state index contributed by atoms with van der Waals surface area (Å²) in [6.07, 6.45) is 0.714. The third-order valence-electron chi connectivity index (χ3n) is 4.79. The Morgan fingerprint density at radius 2 is 1.86 bits per heavy atom. The first-order chi connectivity index (χ1) is 16.7. The molecule has 4 rings (SSSR count). The zero-order valence-electron chi connectivity index (χ0n) is 19.1. The van der Waals surface area contributed by atoms with E-state index in [2.05, 4.69) is 15.0 Å². The Hall–Kier alpha value is -3.92. The number of benzene rings is 2. The van der Waals surface area contributed by atoms with Crippen LogP contribution in [0, 0.1) is 19.7 Å². The Kier molecular flexibility index (Phi) is 7.02. The molecule has 2 aromatic heterocycles. The van der Waals surface area contributed by atoms with Crippen molar-refractivity contribution in [1.82, 2.24) is 15.0 Å².